The number of rotatable bonds is 3. The van der Waals surface area contributed by atoms with Crippen LogP contribution in [-0.2, 0) is 0 Å². The number of hydrogen-bond donors (Lipinski definition) is 0. The highest BCUT2D eigenvalue weighted by Crippen LogP contribution is 2.35. The van der Waals surface area contributed by atoms with Gasteiger partial charge in [-0.2, -0.15) is 0 Å². The molecule has 0 heterocycles. The smallest absolute Gasteiger partial charge is 0.258 e. The molecule has 6 heteroatoms. The van der Waals surface area contributed by atoms with E-state index in [1.54, 1.807) is 24.3 Å². The third-order valence-electron chi connectivity index (χ3n) is 2.14. The molecule has 0 amide bonds. The maximum atomic E-state index is 13.0. The number of benzene rings is 2. The van der Waals surface area contributed by atoms with Gasteiger partial charge in [0.05, 0.1) is 15.9 Å². The minimum atomic E-state index is -0.628. The Morgan fingerprint density at radius 1 is 1.22 bits per heavy atom. The summed E-state index contributed by atoms with van der Waals surface area (Å²) in [6.07, 6.45) is 0. The Balaban J connectivity index is 2.37. The molecular weight excluding hydrogens is 277 g/mol. The second-order valence-electron chi connectivity index (χ2n) is 3.43. The maximum Gasteiger partial charge on any atom is 0.286 e. The van der Waals surface area contributed by atoms with Crippen LogP contribution in [0.25, 0.3) is 0 Å². The Labute approximate surface area is 112 Å². The zero-order chi connectivity index (χ0) is 13.1. The van der Waals surface area contributed by atoms with Gasteiger partial charge < -0.3 is 0 Å². The van der Waals surface area contributed by atoms with Crippen molar-refractivity contribution in [3.63, 3.8) is 0 Å². The van der Waals surface area contributed by atoms with E-state index in [2.05, 4.69) is 0 Å². The Hall–Kier alpha value is -1.59. The molecule has 0 saturated carbocycles. The third-order valence-corrected chi connectivity index (χ3v) is 3.43. The Bertz CT molecular complexity index is 606. The summed E-state index contributed by atoms with van der Waals surface area (Å²) >= 11 is 7.00. The molecule has 0 aliphatic carbocycles. The molecule has 0 saturated heterocycles. The fourth-order valence-corrected chi connectivity index (χ4v) is 2.59. The van der Waals surface area contributed by atoms with Crippen molar-refractivity contribution in [1.82, 2.24) is 0 Å². The first-order valence-corrected chi connectivity index (χ1v) is 6.13. The van der Waals surface area contributed by atoms with Crippen LogP contribution in [0.15, 0.2) is 52.3 Å². The van der Waals surface area contributed by atoms with Crippen molar-refractivity contribution >= 4 is 29.1 Å². The number of hydrogen-bond acceptors (Lipinski definition) is 3. The number of nitro benzene ring substituents is 1. The average Bonchev–Trinajstić information content (AvgIpc) is 2.31. The molecule has 0 N–H and O–H groups in total. The number of halogens is 2. The Morgan fingerprint density at radius 3 is 2.67 bits per heavy atom. The van der Waals surface area contributed by atoms with E-state index in [4.69, 9.17) is 11.6 Å². The number of nitro groups is 1. The highest BCUT2D eigenvalue weighted by molar-refractivity contribution is 7.99. The zero-order valence-corrected chi connectivity index (χ0v) is 10.5. The van der Waals surface area contributed by atoms with Crippen LogP contribution in [0.3, 0.4) is 0 Å². The Morgan fingerprint density at radius 2 is 2.00 bits per heavy atom. The van der Waals surface area contributed by atoms with Gasteiger partial charge >= 0.3 is 0 Å². The van der Waals surface area contributed by atoms with Crippen molar-refractivity contribution in [2.75, 3.05) is 0 Å². The summed E-state index contributed by atoms with van der Waals surface area (Å²) < 4.78 is 13.0. The summed E-state index contributed by atoms with van der Waals surface area (Å²) in [5, 5.41) is 11.4. The molecule has 92 valence electrons. The first-order chi connectivity index (χ1) is 8.56. The maximum absolute atomic E-state index is 13.0. The van der Waals surface area contributed by atoms with Crippen molar-refractivity contribution in [3.8, 4) is 0 Å². The molecule has 2 aromatic rings. The summed E-state index contributed by atoms with van der Waals surface area (Å²) in [5.74, 6) is -0.628. The second-order valence-corrected chi connectivity index (χ2v) is 4.98. The van der Waals surface area contributed by atoms with Gasteiger partial charge in [0.2, 0.25) is 0 Å². The molecule has 0 unspecified atom stereocenters. The molecule has 0 fully saturated rings. The monoisotopic (exact) mass is 283 g/mol. The lowest BCUT2D eigenvalue weighted by Crippen LogP contribution is -1.91. The quantitative estimate of drug-likeness (QED) is 0.613. The number of nitrogens with zero attached hydrogens (tertiary/aromatic N) is 1. The molecule has 2 aromatic carbocycles. The predicted molar refractivity (Wildman–Crippen MR) is 68.6 cm³/mol. The minimum Gasteiger partial charge on any atom is -0.258 e. The standard InChI is InChI=1S/C12H7ClFNO2S/c13-8-2-1-3-10(6-8)18-12-5-4-9(14)7-11(12)15(16)17/h1-7H. The average molecular weight is 284 g/mol. The first kappa shape index (κ1) is 12.9. The molecule has 0 aromatic heterocycles. The van der Waals surface area contributed by atoms with Gasteiger partial charge in [0, 0.05) is 9.92 Å². The van der Waals surface area contributed by atoms with E-state index in [-0.39, 0.29) is 5.69 Å². The highest BCUT2D eigenvalue weighted by atomic mass is 35.5. The van der Waals surface area contributed by atoms with E-state index in [0.29, 0.717) is 9.92 Å². The van der Waals surface area contributed by atoms with Crippen LogP contribution in [0.2, 0.25) is 5.02 Å². The minimum absolute atomic E-state index is 0.250. The zero-order valence-electron chi connectivity index (χ0n) is 8.97. The van der Waals surface area contributed by atoms with Crippen molar-refractivity contribution in [1.29, 1.82) is 0 Å². The summed E-state index contributed by atoms with van der Waals surface area (Å²) in [6, 6.07) is 10.4. The van der Waals surface area contributed by atoms with Gasteiger partial charge in [-0.1, -0.05) is 29.4 Å². The van der Waals surface area contributed by atoms with Crippen molar-refractivity contribution < 1.29 is 9.31 Å². The van der Waals surface area contributed by atoms with Crippen LogP contribution in [0.1, 0.15) is 0 Å². The lowest BCUT2D eigenvalue weighted by atomic mass is 10.3. The van der Waals surface area contributed by atoms with Gasteiger partial charge in [0.25, 0.3) is 5.69 Å². The van der Waals surface area contributed by atoms with Crippen LogP contribution < -0.4 is 0 Å². The van der Waals surface area contributed by atoms with Crippen LogP contribution in [0.5, 0.6) is 0 Å². The van der Waals surface area contributed by atoms with Crippen LogP contribution in [0, 0.1) is 15.9 Å². The van der Waals surface area contributed by atoms with Gasteiger partial charge in [-0.05, 0) is 30.3 Å². The van der Waals surface area contributed by atoms with Gasteiger partial charge in [0.15, 0.2) is 0 Å². The molecule has 0 bridgehead atoms. The van der Waals surface area contributed by atoms with Gasteiger partial charge in [-0.25, -0.2) is 4.39 Å². The van der Waals surface area contributed by atoms with Crippen LogP contribution >= 0.6 is 23.4 Å². The summed E-state index contributed by atoms with van der Waals surface area (Å²) in [6.45, 7) is 0. The summed E-state index contributed by atoms with van der Waals surface area (Å²) in [7, 11) is 0. The van der Waals surface area contributed by atoms with Gasteiger partial charge in [-0.3, -0.25) is 10.1 Å². The Kier molecular flexibility index (Phi) is 3.84. The van der Waals surface area contributed by atoms with E-state index in [9.17, 15) is 14.5 Å². The van der Waals surface area contributed by atoms with Gasteiger partial charge in [-0.15, -0.1) is 0 Å². The van der Waals surface area contributed by atoms with E-state index in [1.165, 1.54) is 23.9 Å². The van der Waals surface area contributed by atoms with Crippen molar-refractivity contribution in [2.45, 2.75) is 9.79 Å². The topological polar surface area (TPSA) is 43.1 Å². The summed E-state index contributed by atoms with van der Waals surface area (Å²) in [4.78, 5) is 11.4. The molecule has 18 heavy (non-hydrogen) atoms. The van der Waals surface area contributed by atoms with Crippen LogP contribution in [0.4, 0.5) is 10.1 Å². The van der Waals surface area contributed by atoms with E-state index < -0.39 is 10.7 Å². The van der Waals surface area contributed by atoms with E-state index in [1.807, 2.05) is 0 Å². The van der Waals surface area contributed by atoms with E-state index in [0.717, 1.165) is 11.0 Å². The van der Waals surface area contributed by atoms with Gasteiger partial charge in [0.1, 0.15) is 5.82 Å². The molecule has 3 nitrogen and oxygen atoms in total. The molecule has 0 spiro atoms. The van der Waals surface area contributed by atoms with Crippen molar-refractivity contribution in [3.05, 3.63) is 63.4 Å². The lowest BCUT2D eigenvalue weighted by Gasteiger charge is -2.03. The normalized spacial score (nSPS) is 10.3. The third kappa shape index (κ3) is 3.00. The molecular formula is C12H7ClFNO2S. The van der Waals surface area contributed by atoms with E-state index >= 15 is 0 Å². The molecule has 0 aliphatic heterocycles. The molecule has 0 radical (unpaired) electrons. The SMILES string of the molecule is O=[N+]([O-])c1cc(F)ccc1Sc1cccc(Cl)c1. The first-order valence-electron chi connectivity index (χ1n) is 4.93. The largest absolute Gasteiger partial charge is 0.286 e. The lowest BCUT2D eigenvalue weighted by molar-refractivity contribution is -0.387. The van der Waals surface area contributed by atoms with Crippen molar-refractivity contribution in [2.24, 2.45) is 0 Å². The predicted octanol–water partition coefficient (Wildman–Crippen LogP) is 4.54. The summed E-state index contributed by atoms with van der Waals surface area (Å²) in [5.41, 5.74) is -0.250. The molecule has 0 aliphatic rings. The highest BCUT2D eigenvalue weighted by Gasteiger charge is 2.15. The second kappa shape index (κ2) is 5.37. The fraction of sp³-hybridized carbons (Fsp3) is 0. The van der Waals surface area contributed by atoms with Crippen LogP contribution in [-0.4, -0.2) is 4.92 Å². The molecule has 2 rings (SSSR count). The fourth-order valence-electron chi connectivity index (χ4n) is 1.38. The molecule has 0 atom stereocenters.